The van der Waals surface area contributed by atoms with Gasteiger partial charge in [0.05, 0.1) is 24.9 Å². The average molecular weight is 603 g/mol. The zero-order valence-electron chi connectivity index (χ0n) is 25.4. The molecule has 0 saturated carbocycles. The molecule has 0 radical (unpaired) electrons. The third kappa shape index (κ3) is 12.9. The first-order valence-corrected chi connectivity index (χ1v) is 14.8. The lowest BCUT2D eigenvalue weighted by molar-refractivity contribution is -0.148. The number of benzene rings is 2. The highest BCUT2D eigenvalue weighted by molar-refractivity contribution is 7.99. The number of hydrogen-bond acceptors (Lipinski definition) is 9. The highest BCUT2D eigenvalue weighted by Gasteiger charge is 2.30. The minimum Gasteiger partial charge on any atom is -0.467 e. The van der Waals surface area contributed by atoms with Gasteiger partial charge in [-0.25, -0.2) is 14.4 Å². The van der Waals surface area contributed by atoms with Crippen LogP contribution < -0.4 is 10.6 Å². The van der Waals surface area contributed by atoms with Crippen LogP contribution in [0.1, 0.15) is 51.9 Å². The van der Waals surface area contributed by atoms with E-state index >= 15 is 0 Å². The quantitative estimate of drug-likeness (QED) is 0.192. The van der Waals surface area contributed by atoms with Crippen molar-refractivity contribution in [1.29, 1.82) is 0 Å². The van der Waals surface area contributed by atoms with Crippen molar-refractivity contribution in [3.05, 3.63) is 60.2 Å². The van der Waals surface area contributed by atoms with Crippen molar-refractivity contribution in [2.45, 2.75) is 64.8 Å². The Morgan fingerprint density at radius 1 is 0.810 bits per heavy atom. The molecular weight excluding hydrogens is 560 g/mol. The topological polar surface area (TPSA) is 129 Å². The van der Waals surface area contributed by atoms with Gasteiger partial charge in [-0.15, -0.1) is 0 Å². The Morgan fingerprint density at radius 2 is 1.43 bits per heavy atom. The van der Waals surface area contributed by atoms with Crippen molar-refractivity contribution < 1.29 is 38.1 Å². The van der Waals surface area contributed by atoms with Crippen LogP contribution in [0, 0.1) is 0 Å². The van der Waals surface area contributed by atoms with Crippen LogP contribution in [0.5, 0.6) is 0 Å². The second kappa shape index (κ2) is 16.2. The third-order valence-electron chi connectivity index (χ3n) is 5.47. The first-order valence-electron chi connectivity index (χ1n) is 13.6. The summed E-state index contributed by atoms with van der Waals surface area (Å²) in [5.74, 6) is -1.27. The van der Waals surface area contributed by atoms with Crippen LogP contribution >= 0.6 is 11.8 Å². The second-order valence-electron chi connectivity index (χ2n) is 11.4. The van der Waals surface area contributed by atoms with Gasteiger partial charge in [-0.3, -0.25) is 4.79 Å². The third-order valence-corrected chi connectivity index (χ3v) is 6.49. The van der Waals surface area contributed by atoms with E-state index in [9.17, 15) is 19.2 Å². The molecule has 2 amide bonds. The van der Waals surface area contributed by atoms with Gasteiger partial charge in [0.2, 0.25) is 5.91 Å². The predicted octanol–water partition coefficient (Wildman–Crippen LogP) is 4.61. The molecule has 0 aromatic heterocycles. The second-order valence-corrected chi connectivity index (χ2v) is 12.5. The Balaban J connectivity index is 1.95. The Hall–Kier alpha value is -3.57. The number of amides is 2. The van der Waals surface area contributed by atoms with E-state index in [4.69, 9.17) is 18.9 Å². The summed E-state index contributed by atoms with van der Waals surface area (Å²) in [6.07, 6.45) is -0.783. The molecule has 0 saturated heterocycles. The Kier molecular flexibility index (Phi) is 13.3. The molecule has 0 aliphatic rings. The molecular formula is C31H42N2O8S. The highest BCUT2D eigenvalue weighted by atomic mass is 32.2. The maximum absolute atomic E-state index is 13.1. The molecule has 10 nitrogen and oxygen atoms in total. The Labute approximate surface area is 252 Å². The summed E-state index contributed by atoms with van der Waals surface area (Å²) in [6, 6.07) is 14.8. The van der Waals surface area contributed by atoms with E-state index in [1.807, 2.05) is 63.2 Å². The molecule has 2 aromatic carbocycles. The first-order chi connectivity index (χ1) is 19.7. The standard InChI is InChI=1S/C31H42N2O8S/c1-30(2,3)40-19-24(28(36)38-7)32-26(34)25(33-29(37)41-31(4,5)6)20-42-18-17-39-27(35)23-15-13-22(14-16-23)21-11-9-8-10-12-21/h8-16,24-25H,17-20H2,1-7H3,(H,32,34)(H,33,37)/t24-,25-/m0/s1. The molecule has 230 valence electrons. The molecule has 2 rings (SSSR count). The van der Waals surface area contributed by atoms with Crippen LogP contribution in [0.4, 0.5) is 4.79 Å². The van der Waals surface area contributed by atoms with Crippen molar-refractivity contribution in [3.8, 4) is 11.1 Å². The number of ether oxygens (including phenoxy) is 4. The smallest absolute Gasteiger partial charge is 0.408 e. The Morgan fingerprint density at radius 3 is 2.00 bits per heavy atom. The van der Waals surface area contributed by atoms with E-state index in [1.165, 1.54) is 18.9 Å². The monoisotopic (exact) mass is 602 g/mol. The molecule has 2 N–H and O–H groups in total. The minimum atomic E-state index is -1.08. The van der Waals surface area contributed by atoms with Gasteiger partial charge in [-0.2, -0.15) is 11.8 Å². The lowest BCUT2D eigenvalue weighted by atomic mass is 10.0. The van der Waals surface area contributed by atoms with Crippen LogP contribution in [0.2, 0.25) is 0 Å². The van der Waals surface area contributed by atoms with Crippen LogP contribution in [-0.4, -0.2) is 79.1 Å². The van der Waals surface area contributed by atoms with Gasteiger partial charge in [0.15, 0.2) is 6.04 Å². The van der Waals surface area contributed by atoms with E-state index in [2.05, 4.69) is 10.6 Å². The number of thioether (sulfide) groups is 1. The molecule has 0 spiro atoms. The SMILES string of the molecule is COC(=O)[C@H](COC(C)(C)C)NC(=O)[C@H](CSCCOC(=O)c1ccc(-c2ccccc2)cc1)NC(=O)OC(C)(C)C. The predicted molar refractivity (Wildman–Crippen MR) is 162 cm³/mol. The number of alkyl carbamates (subject to hydrolysis) is 1. The molecule has 11 heteroatoms. The fraction of sp³-hybridized carbons (Fsp3) is 0.484. The number of methoxy groups -OCH3 is 1. The number of nitrogens with one attached hydrogen (secondary N) is 2. The van der Waals surface area contributed by atoms with E-state index < -0.39 is 47.2 Å². The summed E-state index contributed by atoms with van der Waals surface area (Å²) in [6.45, 7) is 10.6. The van der Waals surface area contributed by atoms with Crippen molar-refractivity contribution in [2.24, 2.45) is 0 Å². The molecule has 0 fully saturated rings. The highest BCUT2D eigenvalue weighted by Crippen LogP contribution is 2.19. The van der Waals surface area contributed by atoms with Gasteiger partial charge < -0.3 is 29.6 Å². The van der Waals surface area contributed by atoms with Gasteiger partial charge in [0.1, 0.15) is 18.2 Å². The number of carbonyl (C=O) groups excluding carboxylic acids is 4. The molecule has 0 heterocycles. The summed E-state index contributed by atoms with van der Waals surface area (Å²) in [4.78, 5) is 50.4. The maximum Gasteiger partial charge on any atom is 0.408 e. The summed E-state index contributed by atoms with van der Waals surface area (Å²) in [5.41, 5.74) is 1.13. The Bertz CT molecular complexity index is 1170. The molecule has 0 aliphatic carbocycles. The van der Waals surface area contributed by atoms with E-state index in [0.29, 0.717) is 11.3 Å². The van der Waals surface area contributed by atoms with Gasteiger partial charge >= 0.3 is 18.0 Å². The van der Waals surface area contributed by atoms with Crippen LogP contribution in [-0.2, 0) is 28.5 Å². The van der Waals surface area contributed by atoms with Crippen molar-refractivity contribution >= 4 is 35.7 Å². The van der Waals surface area contributed by atoms with Crippen molar-refractivity contribution in [2.75, 3.05) is 31.8 Å². The fourth-order valence-corrected chi connectivity index (χ4v) is 4.29. The van der Waals surface area contributed by atoms with Gasteiger partial charge in [-0.05, 0) is 64.8 Å². The van der Waals surface area contributed by atoms with E-state index in [-0.39, 0.29) is 19.0 Å². The van der Waals surface area contributed by atoms with Gasteiger partial charge in [-0.1, -0.05) is 42.5 Å². The summed E-state index contributed by atoms with van der Waals surface area (Å²) in [7, 11) is 1.21. The average Bonchev–Trinajstić information content (AvgIpc) is 2.92. The number of esters is 2. The number of carbonyl (C=O) groups is 4. The van der Waals surface area contributed by atoms with E-state index in [0.717, 1.165) is 11.1 Å². The van der Waals surface area contributed by atoms with Crippen LogP contribution in [0.25, 0.3) is 11.1 Å². The fourth-order valence-electron chi connectivity index (χ4n) is 3.46. The zero-order valence-corrected chi connectivity index (χ0v) is 26.2. The number of hydrogen-bond donors (Lipinski definition) is 2. The zero-order chi connectivity index (χ0) is 31.3. The van der Waals surface area contributed by atoms with Crippen LogP contribution in [0.3, 0.4) is 0 Å². The minimum absolute atomic E-state index is 0.0922. The van der Waals surface area contributed by atoms with Gasteiger partial charge in [0, 0.05) is 11.5 Å². The molecule has 2 atom stereocenters. The molecule has 42 heavy (non-hydrogen) atoms. The lowest BCUT2D eigenvalue weighted by Crippen LogP contribution is -2.55. The summed E-state index contributed by atoms with van der Waals surface area (Å²) < 4.78 is 21.2. The lowest BCUT2D eigenvalue weighted by Gasteiger charge is -2.26. The van der Waals surface area contributed by atoms with Crippen molar-refractivity contribution in [3.63, 3.8) is 0 Å². The number of rotatable bonds is 13. The molecule has 2 aromatic rings. The molecule has 0 bridgehead atoms. The molecule has 0 aliphatic heterocycles. The van der Waals surface area contributed by atoms with Crippen molar-refractivity contribution in [1.82, 2.24) is 10.6 Å². The maximum atomic E-state index is 13.1. The molecule has 0 unspecified atom stereocenters. The summed E-state index contributed by atoms with van der Waals surface area (Å²) >= 11 is 1.29. The largest absolute Gasteiger partial charge is 0.467 e. The van der Waals surface area contributed by atoms with Gasteiger partial charge in [0.25, 0.3) is 0 Å². The summed E-state index contributed by atoms with van der Waals surface area (Å²) in [5, 5.41) is 5.16. The normalized spacial score (nSPS) is 12.9. The first kappa shape index (κ1) is 34.6. The van der Waals surface area contributed by atoms with Crippen LogP contribution in [0.15, 0.2) is 54.6 Å². The van der Waals surface area contributed by atoms with E-state index in [1.54, 1.807) is 32.9 Å².